The number of benzene rings is 2. The fourth-order valence-corrected chi connectivity index (χ4v) is 3.50. The Bertz CT molecular complexity index is 741. The van der Waals surface area contributed by atoms with Gasteiger partial charge in [-0.25, -0.2) is 4.98 Å². The average molecular weight is 324 g/mol. The van der Waals surface area contributed by atoms with Crippen molar-refractivity contribution < 1.29 is 5.11 Å². The van der Waals surface area contributed by atoms with Crippen LogP contribution < -0.4 is 0 Å². The first-order valence-corrected chi connectivity index (χ1v) is 8.56. The molecule has 0 fully saturated rings. The van der Waals surface area contributed by atoms with Crippen molar-refractivity contribution in [3.05, 3.63) is 83.7 Å². The summed E-state index contributed by atoms with van der Waals surface area (Å²) in [5.74, 6) is 0. The number of aliphatic hydroxyl groups excluding tert-OH is 1. The molecule has 3 rings (SSSR count). The second kappa shape index (κ2) is 7.49. The van der Waals surface area contributed by atoms with Gasteiger partial charge in [-0.2, -0.15) is 0 Å². The molecular formula is C19H20N2OS. The summed E-state index contributed by atoms with van der Waals surface area (Å²) in [6.07, 6.45) is 1.94. The topological polar surface area (TPSA) is 38.1 Å². The van der Waals surface area contributed by atoms with Crippen molar-refractivity contribution in [3.63, 3.8) is 0 Å². The summed E-state index contributed by atoms with van der Waals surface area (Å²) in [4.78, 5) is 4.57. The molecule has 1 aromatic heterocycles. The standard InChI is InChI=1S/C19H20N2OS/c1-15(17-10-6-3-7-11-17)23-19-20-18(14-22)13-21(19)12-16-8-4-2-5-9-16/h2-11,13,15,22H,12,14H2,1H3/t15-/m1/s1. The van der Waals surface area contributed by atoms with Gasteiger partial charge in [0.25, 0.3) is 0 Å². The molecule has 0 aliphatic heterocycles. The Labute approximate surface area is 141 Å². The van der Waals surface area contributed by atoms with Crippen LogP contribution in [0.3, 0.4) is 0 Å². The van der Waals surface area contributed by atoms with Crippen molar-refractivity contribution in [2.24, 2.45) is 0 Å². The Kier molecular flexibility index (Phi) is 5.16. The molecule has 1 N–H and O–H groups in total. The van der Waals surface area contributed by atoms with Crippen LogP contribution in [0.2, 0.25) is 0 Å². The van der Waals surface area contributed by atoms with Gasteiger partial charge in [0.2, 0.25) is 0 Å². The molecule has 4 heteroatoms. The quantitative estimate of drug-likeness (QED) is 0.688. The van der Waals surface area contributed by atoms with E-state index in [0.717, 1.165) is 11.7 Å². The smallest absolute Gasteiger partial charge is 0.169 e. The maximum Gasteiger partial charge on any atom is 0.169 e. The van der Waals surface area contributed by atoms with Crippen molar-refractivity contribution in [2.45, 2.75) is 30.5 Å². The van der Waals surface area contributed by atoms with Crippen LogP contribution >= 0.6 is 11.8 Å². The lowest BCUT2D eigenvalue weighted by molar-refractivity contribution is 0.277. The van der Waals surface area contributed by atoms with E-state index in [1.54, 1.807) is 11.8 Å². The number of aromatic nitrogens is 2. The number of hydrogen-bond acceptors (Lipinski definition) is 3. The van der Waals surface area contributed by atoms with E-state index in [1.165, 1.54) is 11.1 Å². The predicted molar refractivity (Wildman–Crippen MR) is 94.4 cm³/mol. The van der Waals surface area contributed by atoms with Crippen LogP contribution in [-0.4, -0.2) is 14.7 Å². The van der Waals surface area contributed by atoms with E-state index in [-0.39, 0.29) is 6.61 Å². The first kappa shape index (κ1) is 15.8. The van der Waals surface area contributed by atoms with Gasteiger partial charge >= 0.3 is 0 Å². The first-order chi connectivity index (χ1) is 11.3. The maximum atomic E-state index is 9.41. The van der Waals surface area contributed by atoms with E-state index < -0.39 is 0 Å². The number of aliphatic hydroxyl groups is 1. The monoisotopic (exact) mass is 324 g/mol. The molecule has 3 aromatic rings. The minimum absolute atomic E-state index is 0.0327. The van der Waals surface area contributed by atoms with E-state index in [0.29, 0.717) is 10.9 Å². The van der Waals surface area contributed by atoms with Gasteiger partial charge in [0.15, 0.2) is 5.16 Å². The van der Waals surface area contributed by atoms with Crippen LogP contribution in [0.15, 0.2) is 72.0 Å². The van der Waals surface area contributed by atoms with Crippen LogP contribution in [-0.2, 0) is 13.2 Å². The maximum absolute atomic E-state index is 9.41. The Morgan fingerprint density at radius 3 is 2.35 bits per heavy atom. The molecule has 118 valence electrons. The molecule has 0 bridgehead atoms. The number of imidazole rings is 1. The van der Waals surface area contributed by atoms with Crippen molar-refractivity contribution in [1.29, 1.82) is 0 Å². The highest BCUT2D eigenvalue weighted by molar-refractivity contribution is 7.99. The van der Waals surface area contributed by atoms with Gasteiger partial charge in [-0.05, 0) is 18.1 Å². The van der Waals surface area contributed by atoms with Crippen LogP contribution in [0.4, 0.5) is 0 Å². The molecule has 23 heavy (non-hydrogen) atoms. The largest absolute Gasteiger partial charge is 0.390 e. The second-order valence-corrected chi connectivity index (χ2v) is 6.77. The fraction of sp³-hybridized carbons (Fsp3) is 0.211. The van der Waals surface area contributed by atoms with Gasteiger partial charge in [0.1, 0.15) is 0 Å². The molecule has 0 aliphatic carbocycles. The van der Waals surface area contributed by atoms with Crippen molar-refractivity contribution in [1.82, 2.24) is 9.55 Å². The van der Waals surface area contributed by atoms with Crippen molar-refractivity contribution in [2.75, 3.05) is 0 Å². The Morgan fingerprint density at radius 2 is 1.70 bits per heavy atom. The lowest BCUT2D eigenvalue weighted by atomic mass is 10.2. The highest BCUT2D eigenvalue weighted by Gasteiger charge is 2.14. The summed E-state index contributed by atoms with van der Waals surface area (Å²) in [6, 6.07) is 20.7. The first-order valence-electron chi connectivity index (χ1n) is 7.68. The van der Waals surface area contributed by atoms with Gasteiger partial charge in [-0.3, -0.25) is 0 Å². The van der Waals surface area contributed by atoms with Crippen molar-refractivity contribution in [3.8, 4) is 0 Å². The highest BCUT2D eigenvalue weighted by Crippen LogP contribution is 2.34. The van der Waals surface area contributed by atoms with Crippen LogP contribution in [0, 0.1) is 0 Å². The third kappa shape index (κ3) is 4.03. The normalized spacial score (nSPS) is 12.3. The molecule has 0 saturated heterocycles. The van der Waals surface area contributed by atoms with Crippen LogP contribution in [0.5, 0.6) is 0 Å². The number of hydrogen-bond donors (Lipinski definition) is 1. The zero-order valence-corrected chi connectivity index (χ0v) is 13.9. The molecule has 0 unspecified atom stereocenters. The van der Waals surface area contributed by atoms with E-state index in [2.05, 4.69) is 52.9 Å². The predicted octanol–water partition coefficient (Wildman–Crippen LogP) is 4.28. The molecule has 0 radical (unpaired) electrons. The number of nitrogens with zero attached hydrogens (tertiary/aromatic N) is 2. The molecule has 0 amide bonds. The zero-order chi connectivity index (χ0) is 16.1. The molecular weight excluding hydrogens is 304 g/mol. The third-order valence-electron chi connectivity index (χ3n) is 3.70. The van der Waals surface area contributed by atoms with E-state index in [4.69, 9.17) is 0 Å². The van der Waals surface area contributed by atoms with Gasteiger partial charge in [-0.1, -0.05) is 72.4 Å². The molecule has 0 saturated carbocycles. The SMILES string of the molecule is C[C@@H](Sc1nc(CO)cn1Cc1ccccc1)c1ccccc1. The fourth-order valence-electron chi connectivity index (χ4n) is 2.46. The number of thioether (sulfide) groups is 1. The minimum atomic E-state index is -0.0327. The lowest BCUT2D eigenvalue weighted by Crippen LogP contribution is -2.01. The molecule has 1 heterocycles. The van der Waals surface area contributed by atoms with Crippen molar-refractivity contribution >= 4 is 11.8 Å². The molecule has 2 aromatic carbocycles. The summed E-state index contributed by atoms with van der Waals surface area (Å²) in [5, 5.41) is 10.7. The Hall–Kier alpha value is -2.04. The van der Waals surface area contributed by atoms with Gasteiger partial charge in [0, 0.05) is 18.0 Å². The van der Waals surface area contributed by atoms with Gasteiger partial charge < -0.3 is 9.67 Å². The summed E-state index contributed by atoms with van der Waals surface area (Å²) < 4.78 is 2.12. The van der Waals surface area contributed by atoms with Crippen LogP contribution in [0.1, 0.15) is 29.0 Å². The Morgan fingerprint density at radius 1 is 1.04 bits per heavy atom. The zero-order valence-electron chi connectivity index (χ0n) is 13.1. The van der Waals surface area contributed by atoms with E-state index in [9.17, 15) is 5.11 Å². The summed E-state index contributed by atoms with van der Waals surface area (Å²) in [7, 11) is 0. The Balaban J connectivity index is 1.82. The molecule has 1 atom stereocenters. The highest BCUT2D eigenvalue weighted by atomic mass is 32.2. The second-order valence-electron chi connectivity index (χ2n) is 5.46. The molecule has 3 nitrogen and oxygen atoms in total. The van der Waals surface area contributed by atoms with Gasteiger partial charge in [-0.15, -0.1) is 0 Å². The minimum Gasteiger partial charge on any atom is -0.390 e. The molecule has 0 spiro atoms. The molecule has 0 aliphatic rings. The van der Waals surface area contributed by atoms with Gasteiger partial charge in [0.05, 0.1) is 12.3 Å². The lowest BCUT2D eigenvalue weighted by Gasteiger charge is -2.13. The van der Waals surface area contributed by atoms with E-state index >= 15 is 0 Å². The summed E-state index contributed by atoms with van der Waals surface area (Å²) in [6.45, 7) is 2.91. The van der Waals surface area contributed by atoms with E-state index in [1.807, 2.05) is 30.5 Å². The van der Waals surface area contributed by atoms with Crippen LogP contribution in [0.25, 0.3) is 0 Å². The summed E-state index contributed by atoms with van der Waals surface area (Å²) in [5.41, 5.74) is 3.21. The summed E-state index contributed by atoms with van der Waals surface area (Å²) >= 11 is 1.72. The third-order valence-corrected chi connectivity index (χ3v) is 4.86. The number of rotatable bonds is 6. The average Bonchev–Trinajstić information content (AvgIpc) is 2.98.